The Bertz CT molecular complexity index is 596. The molecule has 0 unspecified atom stereocenters. The van der Waals surface area contributed by atoms with Crippen LogP contribution >= 0.6 is 11.3 Å². The molecule has 1 amide bonds. The van der Waals surface area contributed by atoms with Crippen LogP contribution in [-0.4, -0.2) is 31.1 Å². The SMILES string of the molecule is COc1ccc(CCNC(=O)Cc2csc(CCN)n2)cc1. The van der Waals surface area contributed by atoms with E-state index in [0.29, 0.717) is 19.5 Å². The number of hydrogen-bond donors (Lipinski definition) is 2. The largest absolute Gasteiger partial charge is 0.497 e. The molecule has 1 aromatic carbocycles. The summed E-state index contributed by atoms with van der Waals surface area (Å²) in [5.41, 5.74) is 7.47. The Morgan fingerprint density at radius 1 is 1.32 bits per heavy atom. The normalized spacial score (nSPS) is 10.5. The molecule has 0 fully saturated rings. The number of rotatable bonds is 8. The predicted octanol–water partition coefficient (Wildman–Crippen LogP) is 1.55. The van der Waals surface area contributed by atoms with Crippen LogP contribution < -0.4 is 15.8 Å². The molecule has 0 aliphatic rings. The van der Waals surface area contributed by atoms with E-state index in [4.69, 9.17) is 10.5 Å². The number of hydrogen-bond acceptors (Lipinski definition) is 5. The number of thiazole rings is 1. The van der Waals surface area contributed by atoms with E-state index >= 15 is 0 Å². The van der Waals surface area contributed by atoms with Gasteiger partial charge in [0.2, 0.25) is 5.91 Å². The highest BCUT2D eigenvalue weighted by Crippen LogP contribution is 2.12. The first-order valence-corrected chi connectivity index (χ1v) is 8.12. The molecule has 0 atom stereocenters. The van der Waals surface area contributed by atoms with Crippen molar-refractivity contribution in [1.82, 2.24) is 10.3 Å². The minimum absolute atomic E-state index is 0.00175. The van der Waals surface area contributed by atoms with Gasteiger partial charge in [0.25, 0.3) is 0 Å². The first kappa shape index (κ1) is 16.5. The molecule has 1 aromatic heterocycles. The van der Waals surface area contributed by atoms with Crippen molar-refractivity contribution in [2.24, 2.45) is 5.73 Å². The van der Waals surface area contributed by atoms with Gasteiger partial charge in [-0.15, -0.1) is 11.3 Å². The zero-order valence-electron chi connectivity index (χ0n) is 12.7. The average Bonchev–Trinajstić information content (AvgIpc) is 2.95. The molecule has 0 spiro atoms. The van der Waals surface area contributed by atoms with Gasteiger partial charge < -0.3 is 15.8 Å². The standard InChI is InChI=1S/C16H21N3O2S/c1-21-14-4-2-12(3-5-14)7-9-18-15(20)10-13-11-22-16(19-13)6-8-17/h2-5,11H,6-10,17H2,1H3,(H,18,20). The summed E-state index contributed by atoms with van der Waals surface area (Å²) in [5, 5.41) is 5.83. The third-order valence-corrected chi connectivity index (χ3v) is 4.15. The molecule has 0 bridgehead atoms. The maximum Gasteiger partial charge on any atom is 0.226 e. The number of ether oxygens (including phenoxy) is 1. The monoisotopic (exact) mass is 319 g/mol. The van der Waals surface area contributed by atoms with Gasteiger partial charge in [0.1, 0.15) is 5.75 Å². The van der Waals surface area contributed by atoms with Crippen LogP contribution in [0.1, 0.15) is 16.3 Å². The van der Waals surface area contributed by atoms with Crippen molar-refractivity contribution < 1.29 is 9.53 Å². The van der Waals surface area contributed by atoms with Crippen LogP contribution in [0.25, 0.3) is 0 Å². The molecule has 6 heteroatoms. The summed E-state index contributed by atoms with van der Waals surface area (Å²) in [5.74, 6) is 0.836. The molecule has 2 rings (SSSR count). The van der Waals surface area contributed by atoms with E-state index in [9.17, 15) is 4.79 Å². The minimum Gasteiger partial charge on any atom is -0.497 e. The lowest BCUT2D eigenvalue weighted by Gasteiger charge is -2.05. The summed E-state index contributed by atoms with van der Waals surface area (Å²) < 4.78 is 5.11. The van der Waals surface area contributed by atoms with Gasteiger partial charge in [0, 0.05) is 18.3 Å². The van der Waals surface area contributed by atoms with Gasteiger partial charge in [-0.25, -0.2) is 4.98 Å². The second-order valence-corrected chi connectivity index (χ2v) is 5.84. The number of nitrogens with zero attached hydrogens (tertiary/aromatic N) is 1. The summed E-state index contributed by atoms with van der Waals surface area (Å²) >= 11 is 1.56. The van der Waals surface area contributed by atoms with Gasteiger partial charge >= 0.3 is 0 Å². The third kappa shape index (κ3) is 5.13. The van der Waals surface area contributed by atoms with Crippen molar-refractivity contribution in [3.63, 3.8) is 0 Å². The highest BCUT2D eigenvalue weighted by Gasteiger charge is 2.07. The van der Waals surface area contributed by atoms with Gasteiger partial charge in [-0.05, 0) is 30.7 Å². The summed E-state index contributed by atoms with van der Waals surface area (Å²) in [6.07, 6.45) is 1.89. The van der Waals surface area contributed by atoms with E-state index < -0.39 is 0 Å². The lowest BCUT2D eigenvalue weighted by Crippen LogP contribution is -2.27. The Balaban J connectivity index is 1.72. The Morgan fingerprint density at radius 3 is 2.77 bits per heavy atom. The number of carbonyl (C=O) groups is 1. The molecule has 0 saturated carbocycles. The molecule has 2 aromatic rings. The van der Waals surface area contributed by atoms with Gasteiger partial charge in [0.15, 0.2) is 0 Å². The smallest absolute Gasteiger partial charge is 0.226 e. The van der Waals surface area contributed by atoms with Gasteiger partial charge in [-0.1, -0.05) is 12.1 Å². The molecule has 22 heavy (non-hydrogen) atoms. The predicted molar refractivity (Wildman–Crippen MR) is 88.3 cm³/mol. The van der Waals surface area contributed by atoms with Crippen molar-refractivity contribution in [3.8, 4) is 5.75 Å². The number of methoxy groups -OCH3 is 1. The summed E-state index contributed by atoms with van der Waals surface area (Å²) in [6, 6.07) is 7.85. The van der Waals surface area contributed by atoms with Crippen molar-refractivity contribution in [2.45, 2.75) is 19.3 Å². The van der Waals surface area contributed by atoms with Crippen molar-refractivity contribution >= 4 is 17.2 Å². The van der Waals surface area contributed by atoms with E-state index in [1.807, 2.05) is 29.6 Å². The molecule has 3 N–H and O–H groups in total. The highest BCUT2D eigenvalue weighted by atomic mass is 32.1. The first-order chi connectivity index (χ1) is 10.7. The quantitative estimate of drug-likeness (QED) is 0.774. The van der Waals surface area contributed by atoms with Crippen LogP contribution in [0.5, 0.6) is 5.75 Å². The molecular formula is C16H21N3O2S. The summed E-state index contributed by atoms with van der Waals surface area (Å²) in [6.45, 7) is 1.20. The molecule has 5 nitrogen and oxygen atoms in total. The molecular weight excluding hydrogens is 298 g/mol. The number of nitrogens with one attached hydrogen (secondary N) is 1. The molecule has 0 radical (unpaired) electrons. The second kappa shape index (κ2) is 8.51. The topological polar surface area (TPSA) is 77.2 Å². The maximum absolute atomic E-state index is 11.9. The van der Waals surface area contributed by atoms with Crippen LogP contribution in [0.3, 0.4) is 0 Å². The molecule has 118 valence electrons. The van der Waals surface area contributed by atoms with E-state index in [1.54, 1.807) is 18.4 Å². The number of nitrogens with two attached hydrogens (primary N) is 1. The highest BCUT2D eigenvalue weighted by molar-refractivity contribution is 7.09. The van der Waals surface area contributed by atoms with E-state index in [-0.39, 0.29) is 5.91 Å². The van der Waals surface area contributed by atoms with Crippen molar-refractivity contribution in [3.05, 3.63) is 45.9 Å². The third-order valence-electron chi connectivity index (χ3n) is 3.19. The van der Waals surface area contributed by atoms with Crippen LogP contribution in [-0.2, 0) is 24.1 Å². The average molecular weight is 319 g/mol. The van der Waals surface area contributed by atoms with E-state index in [1.165, 1.54) is 5.56 Å². The Kier molecular flexibility index (Phi) is 6.36. The van der Waals surface area contributed by atoms with E-state index in [0.717, 1.165) is 29.3 Å². The van der Waals surface area contributed by atoms with Crippen molar-refractivity contribution in [1.29, 1.82) is 0 Å². The Morgan fingerprint density at radius 2 is 2.09 bits per heavy atom. The number of benzene rings is 1. The number of aromatic nitrogens is 1. The van der Waals surface area contributed by atoms with Crippen LogP contribution in [0.15, 0.2) is 29.6 Å². The van der Waals surface area contributed by atoms with Gasteiger partial charge in [0.05, 0.1) is 24.2 Å². The summed E-state index contributed by atoms with van der Waals surface area (Å²) in [7, 11) is 1.65. The molecule has 1 heterocycles. The van der Waals surface area contributed by atoms with Gasteiger partial charge in [-0.3, -0.25) is 4.79 Å². The fourth-order valence-electron chi connectivity index (χ4n) is 2.03. The van der Waals surface area contributed by atoms with Crippen LogP contribution in [0.2, 0.25) is 0 Å². The minimum atomic E-state index is -0.00175. The molecule has 0 saturated heterocycles. The van der Waals surface area contributed by atoms with Crippen LogP contribution in [0, 0.1) is 0 Å². The summed E-state index contributed by atoms with van der Waals surface area (Å²) in [4.78, 5) is 16.3. The second-order valence-electron chi connectivity index (χ2n) is 4.90. The Hall–Kier alpha value is -1.92. The fraction of sp³-hybridized carbons (Fsp3) is 0.375. The first-order valence-electron chi connectivity index (χ1n) is 7.24. The zero-order valence-corrected chi connectivity index (χ0v) is 13.5. The number of amides is 1. The van der Waals surface area contributed by atoms with Gasteiger partial charge in [-0.2, -0.15) is 0 Å². The van der Waals surface area contributed by atoms with E-state index in [2.05, 4.69) is 10.3 Å². The lowest BCUT2D eigenvalue weighted by atomic mass is 10.1. The molecule has 0 aliphatic carbocycles. The Labute approximate surface area is 134 Å². The lowest BCUT2D eigenvalue weighted by molar-refractivity contribution is -0.120. The fourth-order valence-corrected chi connectivity index (χ4v) is 2.85. The molecule has 0 aliphatic heterocycles. The number of carbonyl (C=O) groups excluding carboxylic acids is 1. The van der Waals surface area contributed by atoms with Crippen molar-refractivity contribution in [2.75, 3.05) is 20.2 Å². The zero-order chi connectivity index (χ0) is 15.8. The maximum atomic E-state index is 11.9. The van der Waals surface area contributed by atoms with Crippen LogP contribution in [0.4, 0.5) is 0 Å².